The molecule has 0 bridgehead atoms. The fraction of sp³-hybridized carbons (Fsp3) is 0.294. The number of aromatic nitrogens is 3. The first kappa shape index (κ1) is 15.9. The number of hydrogen-bond acceptors (Lipinski definition) is 7. The number of carbonyl (C=O) groups is 1. The van der Waals surface area contributed by atoms with Gasteiger partial charge < -0.3 is 15.0 Å². The molecule has 3 heterocycles. The van der Waals surface area contributed by atoms with Gasteiger partial charge >= 0.3 is 0 Å². The van der Waals surface area contributed by atoms with Crippen LogP contribution in [0.5, 0.6) is 0 Å². The number of amides is 1. The molecule has 8 heteroatoms. The van der Waals surface area contributed by atoms with Crippen molar-refractivity contribution in [2.75, 3.05) is 36.5 Å². The number of benzene rings is 1. The van der Waals surface area contributed by atoms with Gasteiger partial charge in [0.2, 0.25) is 11.9 Å². The first-order valence-corrected chi connectivity index (χ1v) is 8.85. The number of ether oxygens (including phenoxy) is 1. The van der Waals surface area contributed by atoms with Gasteiger partial charge in [0.05, 0.1) is 29.1 Å². The Bertz CT molecular complexity index is 920. The summed E-state index contributed by atoms with van der Waals surface area (Å²) in [6.45, 7) is 4.49. The highest BCUT2D eigenvalue weighted by Crippen LogP contribution is 2.30. The van der Waals surface area contributed by atoms with Crippen LogP contribution in [0.2, 0.25) is 0 Å². The minimum Gasteiger partial charge on any atom is -0.378 e. The Hall–Kier alpha value is -2.58. The molecule has 0 atom stereocenters. The number of morpholine rings is 1. The zero-order valence-corrected chi connectivity index (χ0v) is 14.5. The summed E-state index contributed by atoms with van der Waals surface area (Å²) < 4.78 is 6.39. The van der Waals surface area contributed by atoms with Crippen molar-refractivity contribution in [2.24, 2.45) is 0 Å². The Balaban J connectivity index is 1.65. The quantitative estimate of drug-likeness (QED) is 0.778. The van der Waals surface area contributed by atoms with E-state index in [-0.39, 0.29) is 5.91 Å². The van der Waals surface area contributed by atoms with Crippen LogP contribution in [0.25, 0.3) is 21.5 Å². The molecule has 128 valence electrons. The van der Waals surface area contributed by atoms with Crippen LogP contribution in [-0.4, -0.2) is 47.2 Å². The minimum atomic E-state index is -0.120. The Morgan fingerprint density at radius 3 is 2.88 bits per heavy atom. The lowest BCUT2D eigenvalue weighted by molar-refractivity contribution is -0.114. The number of nitrogens with zero attached hydrogens (tertiary/aromatic N) is 4. The summed E-state index contributed by atoms with van der Waals surface area (Å²) in [5.41, 5.74) is 2.73. The zero-order valence-electron chi connectivity index (χ0n) is 13.7. The van der Waals surface area contributed by atoms with Crippen LogP contribution >= 0.6 is 11.3 Å². The maximum absolute atomic E-state index is 11.2. The highest BCUT2D eigenvalue weighted by molar-refractivity contribution is 7.22. The number of fused-ring (bicyclic) bond motifs is 1. The Morgan fingerprint density at radius 2 is 2.08 bits per heavy atom. The molecule has 1 N–H and O–H groups in total. The lowest BCUT2D eigenvalue weighted by Crippen LogP contribution is -2.37. The molecule has 1 saturated heterocycles. The van der Waals surface area contributed by atoms with E-state index in [4.69, 9.17) is 9.72 Å². The van der Waals surface area contributed by atoms with Gasteiger partial charge in [0.1, 0.15) is 0 Å². The summed E-state index contributed by atoms with van der Waals surface area (Å²) in [7, 11) is 0. The van der Waals surface area contributed by atoms with Crippen LogP contribution in [0, 0.1) is 0 Å². The summed E-state index contributed by atoms with van der Waals surface area (Å²) in [4.78, 5) is 26.8. The molecule has 0 saturated carbocycles. The maximum atomic E-state index is 11.2. The van der Waals surface area contributed by atoms with Crippen LogP contribution in [0.3, 0.4) is 0 Å². The Labute approximate surface area is 148 Å². The molecule has 25 heavy (non-hydrogen) atoms. The molecule has 1 aliphatic rings. The molecule has 4 rings (SSSR count). The van der Waals surface area contributed by atoms with Gasteiger partial charge in [0.15, 0.2) is 5.13 Å². The number of thiazole rings is 1. The van der Waals surface area contributed by atoms with E-state index in [2.05, 4.69) is 20.2 Å². The first-order valence-electron chi connectivity index (χ1n) is 8.03. The third-order valence-corrected chi connectivity index (χ3v) is 4.84. The van der Waals surface area contributed by atoms with Crippen molar-refractivity contribution in [2.45, 2.75) is 6.92 Å². The monoisotopic (exact) mass is 355 g/mol. The van der Waals surface area contributed by atoms with Gasteiger partial charge in [-0.1, -0.05) is 17.4 Å². The molecule has 3 aromatic rings. The molecule has 1 fully saturated rings. The van der Waals surface area contributed by atoms with E-state index in [9.17, 15) is 4.79 Å². The standard InChI is InChI=1S/C17H17N5O2S/c1-11(23)19-17-21-14-3-2-12(10-15(14)25-17)13-4-5-18-16(20-13)22-6-8-24-9-7-22/h2-5,10H,6-9H2,1H3,(H,19,21,23). The van der Waals surface area contributed by atoms with Crippen molar-refractivity contribution in [1.82, 2.24) is 15.0 Å². The highest BCUT2D eigenvalue weighted by atomic mass is 32.1. The van der Waals surface area contributed by atoms with E-state index in [1.807, 2.05) is 24.3 Å². The lowest BCUT2D eigenvalue weighted by atomic mass is 10.1. The van der Waals surface area contributed by atoms with Crippen LogP contribution in [0.4, 0.5) is 11.1 Å². The predicted octanol–water partition coefficient (Wildman–Crippen LogP) is 2.55. The van der Waals surface area contributed by atoms with Gasteiger partial charge in [-0.15, -0.1) is 0 Å². The van der Waals surface area contributed by atoms with Crippen molar-refractivity contribution in [3.63, 3.8) is 0 Å². The van der Waals surface area contributed by atoms with Crippen molar-refractivity contribution in [3.8, 4) is 11.3 Å². The summed E-state index contributed by atoms with van der Waals surface area (Å²) >= 11 is 1.45. The largest absolute Gasteiger partial charge is 0.378 e. The molecule has 2 aromatic heterocycles. The van der Waals surface area contributed by atoms with Crippen molar-refractivity contribution >= 4 is 38.5 Å². The van der Waals surface area contributed by atoms with Gasteiger partial charge in [-0.3, -0.25) is 4.79 Å². The molecule has 0 unspecified atom stereocenters. The summed E-state index contributed by atoms with van der Waals surface area (Å²) in [5, 5.41) is 3.34. The van der Waals surface area contributed by atoms with E-state index in [1.165, 1.54) is 18.3 Å². The molecular weight excluding hydrogens is 338 g/mol. The SMILES string of the molecule is CC(=O)Nc1nc2ccc(-c3ccnc(N4CCOCC4)n3)cc2s1. The molecular formula is C17H17N5O2S. The fourth-order valence-corrected chi connectivity index (χ4v) is 3.66. The molecule has 7 nitrogen and oxygen atoms in total. The number of anilines is 2. The van der Waals surface area contributed by atoms with E-state index in [0.29, 0.717) is 18.3 Å². The predicted molar refractivity (Wildman–Crippen MR) is 98.0 cm³/mol. The van der Waals surface area contributed by atoms with E-state index in [0.717, 1.165) is 40.5 Å². The molecule has 1 aliphatic heterocycles. The normalized spacial score (nSPS) is 14.7. The third-order valence-electron chi connectivity index (χ3n) is 3.90. The molecule has 0 radical (unpaired) electrons. The second-order valence-electron chi connectivity index (χ2n) is 5.72. The average Bonchev–Trinajstić information content (AvgIpc) is 3.03. The van der Waals surface area contributed by atoms with Crippen molar-refractivity contribution < 1.29 is 9.53 Å². The van der Waals surface area contributed by atoms with E-state index < -0.39 is 0 Å². The van der Waals surface area contributed by atoms with Crippen LogP contribution in [0.1, 0.15) is 6.92 Å². The Kier molecular flexibility index (Phi) is 4.29. The van der Waals surface area contributed by atoms with Gasteiger partial charge in [0, 0.05) is 31.8 Å². The van der Waals surface area contributed by atoms with Crippen molar-refractivity contribution in [1.29, 1.82) is 0 Å². The molecule has 0 spiro atoms. The molecule has 0 aliphatic carbocycles. The van der Waals surface area contributed by atoms with Gasteiger partial charge in [-0.25, -0.2) is 15.0 Å². The Morgan fingerprint density at radius 1 is 1.24 bits per heavy atom. The number of nitrogens with one attached hydrogen (secondary N) is 1. The van der Waals surface area contributed by atoms with Gasteiger partial charge in [-0.05, 0) is 18.2 Å². The summed E-state index contributed by atoms with van der Waals surface area (Å²) in [6.07, 6.45) is 1.78. The van der Waals surface area contributed by atoms with Crippen LogP contribution in [0.15, 0.2) is 30.5 Å². The summed E-state index contributed by atoms with van der Waals surface area (Å²) in [5.74, 6) is 0.606. The van der Waals surface area contributed by atoms with E-state index >= 15 is 0 Å². The molecule has 1 amide bonds. The number of rotatable bonds is 3. The molecule has 1 aromatic carbocycles. The van der Waals surface area contributed by atoms with Crippen molar-refractivity contribution in [3.05, 3.63) is 30.5 Å². The minimum absolute atomic E-state index is 0.120. The fourth-order valence-electron chi connectivity index (χ4n) is 2.71. The van der Waals surface area contributed by atoms with Crippen LogP contribution in [-0.2, 0) is 9.53 Å². The second kappa shape index (κ2) is 6.73. The van der Waals surface area contributed by atoms with Gasteiger partial charge in [-0.2, -0.15) is 0 Å². The smallest absolute Gasteiger partial charge is 0.226 e. The van der Waals surface area contributed by atoms with Crippen LogP contribution < -0.4 is 10.2 Å². The average molecular weight is 355 g/mol. The second-order valence-corrected chi connectivity index (χ2v) is 6.75. The first-order chi connectivity index (χ1) is 12.2. The topological polar surface area (TPSA) is 80.2 Å². The third kappa shape index (κ3) is 3.45. The van der Waals surface area contributed by atoms with Gasteiger partial charge in [0.25, 0.3) is 0 Å². The number of hydrogen-bond donors (Lipinski definition) is 1. The summed E-state index contributed by atoms with van der Waals surface area (Å²) in [6, 6.07) is 7.89. The maximum Gasteiger partial charge on any atom is 0.226 e. The van der Waals surface area contributed by atoms with E-state index in [1.54, 1.807) is 6.20 Å². The zero-order chi connectivity index (χ0) is 17.2. The number of carbonyl (C=O) groups excluding carboxylic acids is 1. The highest BCUT2D eigenvalue weighted by Gasteiger charge is 2.15. The lowest BCUT2D eigenvalue weighted by Gasteiger charge is -2.26.